The first-order valence-electron chi connectivity index (χ1n) is 5.79. The van der Waals surface area contributed by atoms with E-state index in [4.69, 9.17) is 0 Å². The fourth-order valence-corrected chi connectivity index (χ4v) is 1.67. The molecule has 0 saturated carbocycles. The molecule has 0 aliphatic heterocycles. The Morgan fingerprint density at radius 1 is 1.00 bits per heavy atom. The Balaban J connectivity index is 0.00000144. The van der Waals surface area contributed by atoms with Gasteiger partial charge in [0.1, 0.15) is 6.20 Å². The van der Waals surface area contributed by atoms with Gasteiger partial charge in [-0.15, -0.1) is 12.4 Å². The summed E-state index contributed by atoms with van der Waals surface area (Å²) in [6.45, 7) is 4.32. The fourth-order valence-electron chi connectivity index (χ4n) is 1.67. The van der Waals surface area contributed by atoms with E-state index in [1.807, 2.05) is 6.20 Å². The highest BCUT2D eigenvalue weighted by Crippen LogP contribution is 2.03. The summed E-state index contributed by atoms with van der Waals surface area (Å²) < 4.78 is 2.05. The first-order chi connectivity index (χ1) is 7.83. The van der Waals surface area contributed by atoms with Crippen LogP contribution in [0, 0.1) is 0 Å². The molecule has 0 spiro atoms. The van der Waals surface area contributed by atoms with Crippen molar-refractivity contribution in [2.24, 2.45) is 0 Å². The van der Waals surface area contributed by atoms with Crippen LogP contribution in [0.2, 0.25) is 0 Å². The SMILES string of the molecule is CCc1cc[n+](-c2cc(CC)ccn2)cc1.Cl.[Cl-]. The summed E-state index contributed by atoms with van der Waals surface area (Å²) in [5, 5.41) is 0. The lowest BCUT2D eigenvalue weighted by molar-refractivity contribution is -0.599. The standard InChI is InChI=1S/C14H17N2.2ClH/c1-3-12-6-9-16(10-7-12)14-11-13(4-2)5-8-15-14;;/h5-11H,3-4H2,1-2H3;2*1H/q+1;;/p-1. The van der Waals surface area contributed by atoms with Crippen molar-refractivity contribution in [3.63, 3.8) is 0 Å². The van der Waals surface area contributed by atoms with Crippen LogP contribution in [0.1, 0.15) is 25.0 Å². The predicted octanol–water partition coefficient (Wildman–Crippen LogP) is -0.0911. The second kappa shape index (κ2) is 8.06. The minimum absolute atomic E-state index is 0. The Morgan fingerprint density at radius 2 is 1.61 bits per heavy atom. The number of halogens is 2. The van der Waals surface area contributed by atoms with Crippen LogP contribution in [0.5, 0.6) is 0 Å². The molecule has 98 valence electrons. The van der Waals surface area contributed by atoms with Gasteiger partial charge in [-0.1, -0.05) is 13.8 Å². The van der Waals surface area contributed by atoms with Gasteiger partial charge in [-0.05, 0) is 47.2 Å². The third-order valence-corrected chi connectivity index (χ3v) is 2.79. The molecule has 0 aliphatic carbocycles. The molecule has 18 heavy (non-hydrogen) atoms. The number of hydrogen-bond acceptors (Lipinski definition) is 1. The highest BCUT2D eigenvalue weighted by Gasteiger charge is 2.06. The number of pyridine rings is 2. The summed E-state index contributed by atoms with van der Waals surface area (Å²) in [6.07, 6.45) is 8.13. The fraction of sp³-hybridized carbons (Fsp3) is 0.286. The molecule has 2 heterocycles. The first-order valence-corrected chi connectivity index (χ1v) is 5.79. The van der Waals surface area contributed by atoms with Crippen LogP contribution >= 0.6 is 12.4 Å². The van der Waals surface area contributed by atoms with Crippen LogP contribution in [0.15, 0.2) is 42.9 Å². The minimum Gasteiger partial charge on any atom is -1.00 e. The number of aromatic nitrogens is 2. The molecule has 2 aromatic rings. The maximum Gasteiger partial charge on any atom is 0.327 e. The minimum atomic E-state index is 0. The molecule has 4 heteroatoms. The molecule has 2 aromatic heterocycles. The van der Waals surface area contributed by atoms with E-state index in [0.29, 0.717) is 0 Å². The smallest absolute Gasteiger partial charge is 0.327 e. The number of hydrogen-bond donors (Lipinski definition) is 0. The van der Waals surface area contributed by atoms with Crippen molar-refractivity contribution in [2.45, 2.75) is 26.7 Å². The number of rotatable bonds is 3. The first kappa shape index (κ1) is 16.9. The van der Waals surface area contributed by atoms with Gasteiger partial charge in [0.2, 0.25) is 0 Å². The summed E-state index contributed by atoms with van der Waals surface area (Å²) in [5.74, 6) is 0.988. The molecule has 0 amide bonds. The van der Waals surface area contributed by atoms with Gasteiger partial charge in [0.25, 0.3) is 0 Å². The molecule has 0 saturated heterocycles. The third-order valence-electron chi connectivity index (χ3n) is 2.79. The largest absolute Gasteiger partial charge is 1.00 e. The molecule has 0 fully saturated rings. The van der Waals surface area contributed by atoms with Gasteiger partial charge >= 0.3 is 5.82 Å². The summed E-state index contributed by atoms with van der Waals surface area (Å²) in [7, 11) is 0. The van der Waals surface area contributed by atoms with Crippen LogP contribution in [0.4, 0.5) is 0 Å². The van der Waals surface area contributed by atoms with Crippen LogP contribution in [0.3, 0.4) is 0 Å². The van der Waals surface area contributed by atoms with Crippen molar-refractivity contribution in [1.29, 1.82) is 0 Å². The van der Waals surface area contributed by atoms with E-state index in [0.717, 1.165) is 18.7 Å². The molecule has 0 bridgehead atoms. The molecule has 0 aliphatic rings. The Labute approximate surface area is 121 Å². The summed E-state index contributed by atoms with van der Waals surface area (Å²) in [4.78, 5) is 4.38. The average Bonchev–Trinajstić information content (AvgIpc) is 2.39. The lowest BCUT2D eigenvalue weighted by Crippen LogP contribution is -3.00. The molecule has 0 atom stereocenters. The van der Waals surface area contributed by atoms with Crippen molar-refractivity contribution in [1.82, 2.24) is 4.98 Å². The quantitative estimate of drug-likeness (QED) is 0.720. The Kier molecular flexibility index (Phi) is 7.56. The van der Waals surface area contributed by atoms with E-state index in [2.05, 4.69) is 60.1 Å². The van der Waals surface area contributed by atoms with Crippen LogP contribution in [0.25, 0.3) is 5.82 Å². The Bertz CT molecular complexity index is 469. The number of nitrogens with zero attached hydrogens (tertiary/aromatic N) is 2. The van der Waals surface area contributed by atoms with Crippen LogP contribution in [-0.4, -0.2) is 4.98 Å². The normalized spacial score (nSPS) is 9.22. The Morgan fingerprint density at radius 3 is 2.17 bits per heavy atom. The van der Waals surface area contributed by atoms with Gasteiger partial charge in [-0.25, -0.2) is 4.57 Å². The van der Waals surface area contributed by atoms with Gasteiger partial charge in [0, 0.05) is 6.07 Å². The molecule has 2 rings (SSSR count). The molecule has 0 unspecified atom stereocenters. The zero-order valence-corrected chi connectivity index (χ0v) is 12.2. The van der Waals surface area contributed by atoms with Crippen molar-refractivity contribution in [3.8, 4) is 5.82 Å². The summed E-state index contributed by atoms with van der Waals surface area (Å²) >= 11 is 0. The maximum atomic E-state index is 4.38. The highest BCUT2D eigenvalue weighted by molar-refractivity contribution is 5.85. The van der Waals surface area contributed by atoms with E-state index in [9.17, 15) is 0 Å². The van der Waals surface area contributed by atoms with Gasteiger partial charge < -0.3 is 12.4 Å². The predicted molar refractivity (Wildman–Crippen MR) is 71.8 cm³/mol. The van der Waals surface area contributed by atoms with Gasteiger partial charge in [-0.3, -0.25) is 0 Å². The Hall–Kier alpha value is -1.12. The lowest BCUT2D eigenvalue weighted by Gasteiger charge is -1.99. The van der Waals surface area contributed by atoms with E-state index in [1.165, 1.54) is 11.1 Å². The van der Waals surface area contributed by atoms with E-state index < -0.39 is 0 Å². The second-order valence-electron chi connectivity index (χ2n) is 3.84. The van der Waals surface area contributed by atoms with Gasteiger partial charge in [-0.2, -0.15) is 0 Å². The molecular weight excluding hydrogens is 267 g/mol. The molecule has 0 aromatic carbocycles. The zero-order valence-electron chi connectivity index (χ0n) is 10.6. The van der Waals surface area contributed by atoms with E-state index in [-0.39, 0.29) is 24.8 Å². The van der Waals surface area contributed by atoms with Crippen LogP contribution < -0.4 is 17.0 Å². The highest BCUT2D eigenvalue weighted by atomic mass is 35.5. The third kappa shape index (κ3) is 3.97. The van der Waals surface area contributed by atoms with E-state index in [1.54, 1.807) is 0 Å². The molecule has 0 N–H and O–H groups in total. The van der Waals surface area contributed by atoms with Gasteiger partial charge in [0.15, 0.2) is 0 Å². The van der Waals surface area contributed by atoms with Crippen molar-refractivity contribution in [2.75, 3.05) is 0 Å². The maximum absolute atomic E-state index is 4.38. The van der Waals surface area contributed by atoms with Crippen molar-refractivity contribution in [3.05, 3.63) is 54.0 Å². The zero-order chi connectivity index (χ0) is 11.4. The average molecular weight is 285 g/mol. The molecule has 0 radical (unpaired) electrons. The molecular formula is C14H18Cl2N2. The van der Waals surface area contributed by atoms with Crippen LogP contribution in [-0.2, 0) is 12.8 Å². The monoisotopic (exact) mass is 284 g/mol. The molecule has 2 nitrogen and oxygen atoms in total. The number of aryl methyl sites for hydroxylation is 2. The van der Waals surface area contributed by atoms with E-state index >= 15 is 0 Å². The topological polar surface area (TPSA) is 16.8 Å². The summed E-state index contributed by atoms with van der Waals surface area (Å²) in [5.41, 5.74) is 2.67. The van der Waals surface area contributed by atoms with Gasteiger partial charge in [0.05, 0.1) is 12.4 Å². The van der Waals surface area contributed by atoms with Crippen molar-refractivity contribution < 1.29 is 17.0 Å². The summed E-state index contributed by atoms with van der Waals surface area (Å²) in [6, 6.07) is 8.47. The lowest BCUT2D eigenvalue weighted by atomic mass is 10.2. The van der Waals surface area contributed by atoms with Crippen molar-refractivity contribution >= 4 is 12.4 Å². The second-order valence-corrected chi connectivity index (χ2v) is 3.84.